The zero-order chi connectivity index (χ0) is 7.82. The second-order valence-corrected chi connectivity index (χ2v) is 4.97. The van der Waals surface area contributed by atoms with Crippen LogP contribution in [-0.4, -0.2) is 29.3 Å². The lowest BCUT2D eigenvalue weighted by molar-refractivity contribution is 0.421. The van der Waals surface area contributed by atoms with Crippen LogP contribution in [0.15, 0.2) is 0 Å². The Kier molecular flexibility index (Phi) is 8.84. The third kappa shape index (κ3) is 5.72. The van der Waals surface area contributed by atoms with Gasteiger partial charge < -0.3 is 12.6 Å². The molecule has 0 aliphatic heterocycles. The van der Waals surface area contributed by atoms with Crippen molar-refractivity contribution in [3.8, 4) is 0 Å². The minimum Gasteiger partial charge on any atom is -0.357 e. The number of hydrogen-bond donors (Lipinski definition) is 0. The van der Waals surface area contributed by atoms with Gasteiger partial charge in [0, 0.05) is 0 Å². The van der Waals surface area contributed by atoms with Crippen molar-refractivity contribution in [1.29, 1.82) is 0 Å². The Bertz CT molecular complexity index is 61.7. The van der Waals surface area contributed by atoms with Crippen LogP contribution in [0, 0.1) is 0 Å². The fourth-order valence-corrected chi connectivity index (χ4v) is 3.52. The Labute approximate surface area is 70.7 Å². The summed E-state index contributed by atoms with van der Waals surface area (Å²) in [5, 5.41) is 0. The zero-order valence-electron chi connectivity index (χ0n) is 6.17. The maximum atomic E-state index is 5.18. The summed E-state index contributed by atoms with van der Waals surface area (Å²) < 4.78 is 15.6. The van der Waals surface area contributed by atoms with Gasteiger partial charge in [-0.25, -0.2) is 0 Å². The van der Waals surface area contributed by atoms with Crippen LogP contribution in [0.25, 0.3) is 0 Å². The number of hydrogen-bond acceptors (Lipinski definition) is 3. The molecule has 10 heavy (non-hydrogen) atoms. The van der Waals surface area contributed by atoms with Crippen molar-refractivity contribution in [2.24, 2.45) is 0 Å². The highest BCUT2D eigenvalue weighted by molar-refractivity contribution is 7.45. The van der Waals surface area contributed by atoms with Gasteiger partial charge in [0.15, 0.2) is 0 Å². The lowest BCUT2D eigenvalue weighted by Gasteiger charge is -2.12. The first kappa shape index (κ1) is 11.0. The smallest absolute Gasteiger partial charge is 0.299 e. The number of rotatable bonds is 6. The minimum atomic E-state index is -1.02. The van der Waals surface area contributed by atoms with Crippen molar-refractivity contribution in [3.63, 3.8) is 0 Å². The molecular formula is C3H9O3PSi3. The molecule has 0 aliphatic rings. The average molecular weight is 208 g/mol. The Morgan fingerprint density at radius 2 is 1.10 bits per heavy atom. The van der Waals surface area contributed by atoms with Gasteiger partial charge in [0.1, 0.15) is 0 Å². The molecule has 0 saturated carbocycles. The summed E-state index contributed by atoms with van der Waals surface area (Å²) in [6.45, 7) is 5.87. The monoisotopic (exact) mass is 208 g/mol. The lowest BCUT2D eigenvalue weighted by Crippen LogP contribution is -1.99. The molecule has 7 heteroatoms. The van der Waals surface area contributed by atoms with E-state index < -0.39 is 8.60 Å². The van der Waals surface area contributed by atoms with Crippen molar-refractivity contribution in [3.05, 3.63) is 0 Å². The van der Waals surface area contributed by atoms with Crippen molar-refractivity contribution in [1.82, 2.24) is 0 Å². The van der Waals surface area contributed by atoms with Gasteiger partial charge in [-0.1, -0.05) is 0 Å². The molecule has 0 aromatic heterocycles. The van der Waals surface area contributed by atoms with Gasteiger partial charge in [0.25, 0.3) is 8.60 Å². The van der Waals surface area contributed by atoms with Gasteiger partial charge in [-0.05, 0) is 19.6 Å². The second kappa shape index (κ2) is 8.06. The molecule has 0 aliphatic carbocycles. The summed E-state index contributed by atoms with van der Waals surface area (Å²) in [6, 6.07) is 0. The molecule has 0 fully saturated rings. The summed E-state index contributed by atoms with van der Waals surface area (Å²) >= 11 is 0. The molecule has 0 spiro atoms. The summed E-state index contributed by atoms with van der Waals surface area (Å²) in [4.78, 5) is 0. The lowest BCUT2D eigenvalue weighted by atomic mass is 11.9. The summed E-state index contributed by atoms with van der Waals surface area (Å²) in [6.07, 6.45) is 0. The standard InChI is InChI=1S/C3H9O3PSi3/c1-8-4-7(5-9-2)6-10-3/h1-3H3. The first-order valence-corrected chi connectivity index (χ1v) is 7.98. The predicted octanol–water partition coefficient (Wildman–Crippen LogP) is 1.26. The second-order valence-electron chi connectivity index (χ2n) is 1.11. The Morgan fingerprint density at radius 1 is 0.800 bits per heavy atom. The molecule has 6 radical (unpaired) electrons. The fraction of sp³-hybridized carbons (Fsp3) is 1.00. The van der Waals surface area contributed by atoms with Crippen molar-refractivity contribution < 1.29 is 12.6 Å². The highest BCUT2D eigenvalue weighted by Crippen LogP contribution is 2.37. The van der Waals surface area contributed by atoms with E-state index in [1.54, 1.807) is 0 Å². The molecular weight excluding hydrogens is 199 g/mol. The van der Waals surface area contributed by atoms with Crippen LogP contribution < -0.4 is 0 Å². The quantitative estimate of drug-likeness (QED) is 0.486. The molecule has 0 unspecified atom stereocenters. The van der Waals surface area contributed by atoms with E-state index in [-0.39, 0.29) is 0 Å². The summed E-state index contributed by atoms with van der Waals surface area (Å²) in [5.41, 5.74) is 0. The van der Waals surface area contributed by atoms with Crippen LogP contribution in [0.2, 0.25) is 19.6 Å². The van der Waals surface area contributed by atoms with Gasteiger partial charge in [-0.2, -0.15) is 0 Å². The third-order valence-electron chi connectivity index (χ3n) is 0.497. The summed E-state index contributed by atoms with van der Waals surface area (Å²) in [7, 11) is 0.313. The Balaban J connectivity index is 3.30. The minimum absolute atomic E-state index is 0.445. The van der Waals surface area contributed by atoms with Gasteiger partial charge in [-0.15, -0.1) is 0 Å². The highest BCUT2D eigenvalue weighted by Gasteiger charge is 2.08. The van der Waals surface area contributed by atoms with Crippen molar-refractivity contribution >= 4 is 37.9 Å². The van der Waals surface area contributed by atoms with Crippen LogP contribution in [-0.2, 0) is 12.6 Å². The van der Waals surface area contributed by atoms with E-state index in [2.05, 4.69) is 0 Å². The van der Waals surface area contributed by atoms with E-state index in [1.165, 1.54) is 0 Å². The van der Waals surface area contributed by atoms with Gasteiger partial charge in [-0.3, -0.25) is 0 Å². The molecule has 0 aromatic carbocycles. The maximum absolute atomic E-state index is 5.18. The first-order chi connectivity index (χ1) is 4.85. The molecule has 0 amide bonds. The average Bonchev–Trinajstić information content (AvgIpc) is 1.90. The third-order valence-corrected chi connectivity index (χ3v) is 4.48. The summed E-state index contributed by atoms with van der Waals surface area (Å²) in [5.74, 6) is 0. The van der Waals surface area contributed by atoms with Gasteiger partial charge >= 0.3 is 0 Å². The van der Waals surface area contributed by atoms with E-state index in [9.17, 15) is 0 Å². The molecule has 0 aromatic rings. The molecule has 0 N–H and O–H groups in total. The molecule has 0 bridgehead atoms. The predicted molar refractivity (Wildman–Crippen MR) is 45.0 cm³/mol. The van der Waals surface area contributed by atoms with Gasteiger partial charge in [0.05, 0.1) is 0 Å². The van der Waals surface area contributed by atoms with E-state index in [1.807, 2.05) is 19.6 Å². The SMILES string of the molecule is C[Si]OP(O[Si]C)O[Si]C. The van der Waals surface area contributed by atoms with E-state index >= 15 is 0 Å². The Hall–Kier alpha value is 0.961. The zero-order valence-corrected chi connectivity index (χ0v) is 10.1. The molecule has 0 rings (SSSR count). The fourth-order valence-electron chi connectivity index (χ4n) is 0.280. The largest absolute Gasteiger partial charge is 0.357 e. The van der Waals surface area contributed by atoms with Crippen LogP contribution in [0.4, 0.5) is 0 Å². The topological polar surface area (TPSA) is 27.7 Å². The van der Waals surface area contributed by atoms with Crippen LogP contribution >= 0.6 is 8.60 Å². The molecule has 56 valence electrons. The van der Waals surface area contributed by atoms with Crippen LogP contribution in [0.1, 0.15) is 0 Å². The van der Waals surface area contributed by atoms with Crippen LogP contribution in [0.3, 0.4) is 0 Å². The van der Waals surface area contributed by atoms with E-state index in [4.69, 9.17) is 12.6 Å². The normalized spacial score (nSPS) is 10.8. The van der Waals surface area contributed by atoms with E-state index in [0.29, 0.717) is 29.3 Å². The molecule has 3 nitrogen and oxygen atoms in total. The highest BCUT2D eigenvalue weighted by atomic mass is 31.2. The Morgan fingerprint density at radius 3 is 1.30 bits per heavy atom. The maximum Gasteiger partial charge on any atom is 0.299 e. The molecule has 0 atom stereocenters. The van der Waals surface area contributed by atoms with Crippen molar-refractivity contribution in [2.75, 3.05) is 0 Å². The van der Waals surface area contributed by atoms with Crippen LogP contribution in [0.5, 0.6) is 0 Å². The first-order valence-electron chi connectivity index (χ1n) is 2.66. The molecule has 0 heterocycles. The molecule has 0 saturated heterocycles. The van der Waals surface area contributed by atoms with Crippen molar-refractivity contribution in [2.45, 2.75) is 19.6 Å². The van der Waals surface area contributed by atoms with E-state index in [0.717, 1.165) is 0 Å². The van der Waals surface area contributed by atoms with Gasteiger partial charge in [0.2, 0.25) is 29.3 Å².